The fourth-order valence-electron chi connectivity index (χ4n) is 1.98. The van der Waals surface area contributed by atoms with Gasteiger partial charge in [-0.2, -0.15) is 0 Å². The Kier molecular flexibility index (Phi) is 2.93. The maximum atomic E-state index is 10.9. The Morgan fingerprint density at radius 3 is 2.29 bits per heavy atom. The van der Waals surface area contributed by atoms with Gasteiger partial charge in [-0.1, -0.05) is 0 Å². The van der Waals surface area contributed by atoms with Gasteiger partial charge < -0.3 is 9.90 Å². The van der Waals surface area contributed by atoms with Crippen molar-refractivity contribution >= 4 is 5.97 Å². The molecule has 0 bridgehead atoms. The smallest absolute Gasteiger partial charge is 0.253 e. The molecule has 78 valence electrons. The second-order valence-corrected chi connectivity index (χ2v) is 3.26. The van der Waals surface area contributed by atoms with E-state index in [0.717, 1.165) is 18.1 Å². The van der Waals surface area contributed by atoms with Crippen LogP contribution in [0.3, 0.4) is 0 Å². The number of carbonyl (C=O) groups is 1. The SMILES string of the molecule is CCn1c(C)c(C(=O)[O-])[n+](CC)c1C. The molecule has 1 aromatic rings. The molecule has 0 aliphatic heterocycles. The number of carboxylic acid groups (broad SMARTS) is 1. The van der Waals surface area contributed by atoms with Gasteiger partial charge in [0.15, 0.2) is 5.69 Å². The zero-order valence-electron chi connectivity index (χ0n) is 9.13. The predicted molar refractivity (Wildman–Crippen MR) is 49.8 cm³/mol. The highest BCUT2D eigenvalue weighted by atomic mass is 16.4. The first-order valence-electron chi connectivity index (χ1n) is 4.85. The maximum absolute atomic E-state index is 10.9. The third kappa shape index (κ3) is 1.41. The minimum atomic E-state index is -1.10. The quantitative estimate of drug-likeness (QED) is 0.628. The summed E-state index contributed by atoms with van der Waals surface area (Å²) in [5.74, 6) is -0.133. The summed E-state index contributed by atoms with van der Waals surface area (Å²) in [7, 11) is 0. The summed E-state index contributed by atoms with van der Waals surface area (Å²) in [5.41, 5.74) is 1.07. The van der Waals surface area contributed by atoms with Crippen molar-refractivity contribution in [2.45, 2.75) is 40.8 Å². The van der Waals surface area contributed by atoms with E-state index in [4.69, 9.17) is 0 Å². The van der Waals surface area contributed by atoms with E-state index >= 15 is 0 Å². The van der Waals surface area contributed by atoms with Crippen molar-refractivity contribution < 1.29 is 14.5 Å². The molecule has 4 nitrogen and oxygen atoms in total. The molecule has 0 N–H and O–H groups in total. The molecule has 0 aromatic carbocycles. The van der Waals surface area contributed by atoms with Crippen molar-refractivity contribution in [1.82, 2.24) is 4.57 Å². The number of hydrogen-bond donors (Lipinski definition) is 0. The average molecular weight is 196 g/mol. The van der Waals surface area contributed by atoms with Gasteiger partial charge in [0, 0.05) is 13.8 Å². The van der Waals surface area contributed by atoms with Crippen molar-refractivity contribution in [3.05, 3.63) is 17.2 Å². The van der Waals surface area contributed by atoms with Gasteiger partial charge in [0.2, 0.25) is 0 Å². The molecule has 0 saturated carbocycles. The predicted octanol–water partition coefficient (Wildman–Crippen LogP) is -0.204. The second-order valence-electron chi connectivity index (χ2n) is 3.26. The molecule has 0 aliphatic rings. The van der Waals surface area contributed by atoms with Crippen LogP contribution in [0.25, 0.3) is 0 Å². The van der Waals surface area contributed by atoms with Gasteiger partial charge in [0.05, 0.1) is 13.1 Å². The number of carboxylic acids is 1. The van der Waals surface area contributed by atoms with E-state index in [9.17, 15) is 9.90 Å². The Labute approximate surface area is 83.8 Å². The maximum Gasteiger partial charge on any atom is 0.253 e. The monoisotopic (exact) mass is 196 g/mol. The summed E-state index contributed by atoms with van der Waals surface area (Å²) >= 11 is 0. The molecular weight excluding hydrogens is 180 g/mol. The molecule has 0 fully saturated rings. The van der Waals surface area contributed by atoms with Gasteiger partial charge in [0.25, 0.3) is 5.82 Å². The average Bonchev–Trinajstić information content (AvgIpc) is 2.37. The fourth-order valence-corrected chi connectivity index (χ4v) is 1.98. The van der Waals surface area contributed by atoms with Crippen molar-refractivity contribution in [3.63, 3.8) is 0 Å². The van der Waals surface area contributed by atoms with Crippen LogP contribution in [0.1, 0.15) is 35.9 Å². The van der Waals surface area contributed by atoms with Crippen LogP contribution in [0.15, 0.2) is 0 Å². The number of aromatic nitrogens is 2. The van der Waals surface area contributed by atoms with E-state index in [0.29, 0.717) is 12.2 Å². The molecule has 1 heterocycles. The summed E-state index contributed by atoms with van der Waals surface area (Å²) in [5, 5.41) is 10.9. The van der Waals surface area contributed by atoms with E-state index in [1.54, 1.807) is 4.57 Å². The minimum absolute atomic E-state index is 0.298. The summed E-state index contributed by atoms with van der Waals surface area (Å²) in [6.07, 6.45) is 0. The molecule has 1 rings (SSSR count). The summed E-state index contributed by atoms with van der Waals surface area (Å²) in [6.45, 7) is 9.10. The zero-order chi connectivity index (χ0) is 10.9. The lowest BCUT2D eigenvalue weighted by Gasteiger charge is -2.00. The first kappa shape index (κ1) is 10.8. The topological polar surface area (TPSA) is 48.9 Å². The molecule has 0 aliphatic carbocycles. The van der Waals surface area contributed by atoms with Gasteiger partial charge in [-0.05, 0) is 13.8 Å². The van der Waals surface area contributed by atoms with Crippen LogP contribution >= 0.6 is 0 Å². The van der Waals surface area contributed by atoms with Crippen molar-refractivity contribution in [2.75, 3.05) is 0 Å². The van der Waals surface area contributed by atoms with E-state index in [-0.39, 0.29) is 0 Å². The van der Waals surface area contributed by atoms with Crippen LogP contribution in [0.2, 0.25) is 0 Å². The Bertz CT molecular complexity index is 367. The highest BCUT2D eigenvalue weighted by Crippen LogP contribution is 2.07. The van der Waals surface area contributed by atoms with Crippen molar-refractivity contribution in [1.29, 1.82) is 0 Å². The van der Waals surface area contributed by atoms with Crippen LogP contribution in [0.5, 0.6) is 0 Å². The summed E-state index contributed by atoms with van der Waals surface area (Å²) in [4.78, 5) is 10.9. The van der Waals surface area contributed by atoms with E-state index in [2.05, 4.69) is 0 Å². The molecule has 14 heavy (non-hydrogen) atoms. The van der Waals surface area contributed by atoms with Crippen molar-refractivity contribution in [3.8, 4) is 0 Å². The molecule has 0 amide bonds. The third-order valence-corrected chi connectivity index (χ3v) is 2.62. The first-order chi connectivity index (χ1) is 6.54. The van der Waals surface area contributed by atoms with E-state index < -0.39 is 5.97 Å². The summed E-state index contributed by atoms with van der Waals surface area (Å²) in [6, 6.07) is 0. The molecular formula is C10H16N2O2. The van der Waals surface area contributed by atoms with Gasteiger partial charge in [-0.25, -0.2) is 9.13 Å². The third-order valence-electron chi connectivity index (χ3n) is 2.62. The van der Waals surface area contributed by atoms with Crippen LogP contribution in [-0.2, 0) is 13.1 Å². The largest absolute Gasteiger partial charge is 0.541 e. The van der Waals surface area contributed by atoms with Gasteiger partial charge >= 0.3 is 0 Å². The molecule has 0 saturated heterocycles. The number of hydrogen-bond acceptors (Lipinski definition) is 2. The molecule has 4 heteroatoms. The lowest BCUT2D eigenvalue weighted by molar-refractivity contribution is -0.703. The Balaban J connectivity index is 3.47. The molecule has 1 aromatic heterocycles. The molecule has 0 atom stereocenters. The number of rotatable bonds is 3. The Hall–Kier alpha value is -1.32. The molecule has 0 spiro atoms. The number of imidazole rings is 1. The van der Waals surface area contributed by atoms with Crippen LogP contribution in [0.4, 0.5) is 0 Å². The van der Waals surface area contributed by atoms with Gasteiger partial charge in [-0.15, -0.1) is 0 Å². The Morgan fingerprint density at radius 2 is 2.00 bits per heavy atom. The standard InChI is InChI=1S/C10H16N2O2/c1-5-11-7(3)9(10(13)14)12(6-2)8(11)4/h5-6H2,1-4H3. The van der Waals surface area contributed by atoms with Crippen LogP contribution in [0, 0.1) is 13.8 Å². The molecule has 0 radical (unpaired) electrons. The number of nitrogens with zero attached hydrogens (tertiary/aromatic N) is 2. The fraction of sp³-hybridized carbons (Fsp3) is 0.600. The first-order valence-corrected chi connectivity index (χ1v) is 4.85. The normalized spacial score (nSPS) is 10.6. The van der Waals surface area contributed by atoms with Gasteiger partial charge in [-0.3, -0.25) is 0 Å². The van der Waals surface area contributed by atoms with E-state index in [1.165, 1.54) is 0 Å². The van der Waals surface area contributed by atoms with Crippen LogP contribution in [-0.4, -0.2) is 10.5 Å². The van der Waals surface area contributed by atoms with Crippen molar-refractivity contribution in [2.24, 2.45) is 0 Å². The highest BCUT2D eigenvalue weighted by molar-refractivity contribution is 5.83. The van der Waals surface area contributed by atoms with E-state index in [1.807, 2.05) is 32.3 Å². The minimum Gasteiger partial charge on any atom is -0.541 e. The zero-order valence-corrected chi connectivity index (χ0v) is 9.13. The Morgan fingerprint density at radius 1 is 1.43 bits per heavy atom. The number of aromatic carboxylic acids is 1. The second kappa shape index (κ2) is 3.82. The van der Waals surface area contributed by atoms with Gasteiger partial charge in [0.1, 0.15) is 11.7 Å². The molecule has 0 unspecified atom stereocenters. The lowest BCUT2D eigenvalue weighted by atomic mass is 10.3. The summed E-state index contributed by atoms with van der Waals surface area (Å²) < 4.78 is 3.75. The highest BCUT2D eigenvalue weighted by Gasteiger charge is 2.23. The number of carbonyl (C=O) groups excluding carboxylic acids is 1. The van der Waals surface area contributed by atoms with Crippen LogP contribution < -0.4 is 9.67 Å². The lowest BCUT2D eigenvalue weighted by Crippen LogP contribution is -2.44.